The fourth-order valence-electron chi connectivity index (χ4n) is 3.82. The molecule has 5 nitrogen and oxygen atoms in total. The number of aromatic amines is 1. The third kappa shape index (κ3) is 4.74. The third-order valence-corrected chi connectivity index (χ3v) is 5.63. The Bertz CT molecular complexity index is 1000. The van der Waals surface area contributed by atoms with Gasteiger partial charge in [0.15, 0.2) is 0 Å². The van der Waals surface area contributed by atoms with Crippen molar-refractivity contribution in [3.8, 4) is 0 Å². The molecule has 0 amide bonds. The van der Waals surface area contributed by atoms with Gasteiger partial charge in [-0.15, -0.1) is 0 Å². The van der Waals surface area contributed by atoms with Gasteiger partial charge in [-0.2, -0.15) is 0 Å². The van der Waals surface area contributed by atoms with Gasteiger partial charge in [0.2, 0.25) is 5.95 Å². The molecule has 4 rings (SSSR count). The van der Waals surface area contributed by atoms with Crippen LogP contribution >= 0.6 is 0 Å². The van der Waals surface area contributed by atoms with Crippen LogP contribution in [0.15, 0.2) is 59.4 Å². The van der Waals surface area contributed by atoms with E-state index in [4.69, 9.17) is 4.98 Å². The SMILES string of the molecule is Cc1ccc(Cc2c(C)nc(N3CCN(Cc4ccccc4)CC3)[nH]c2=O)cc1. The standard InChI is InChI=1S/C24H28N4O/c1-18-8-10-20(11-9-18)16-22-19(2)25-24(26-23(22)29)28-14-12-27(13-15-28)17-21-6-4-3-5-7-21/h3-11H,12-17H2,1-2H3,(H,25,26,29). The molecule has 0 radical (unpaired) electrons. The van der Waals surface area contributed by atoms with Gasteiger partial charge in [-0.05, 0) is 25.0 Å². The first kappa shape index (κ1) is 19.4. The quantitative estimate of drug-likeness (QED) is 0.729. The van der Waals surface area contributed by atoms with Crippen LogP contribution < -0.4 is 10.5 Å². The Balaban J connectivity index is 1.42. The first-order valence-electron chi connectivity index (χ1n) is 10.2. The Labute approximate surface area is 172 Å². The molecule has 0 atom stereocenters. The minimum Gasteiger partial charge on any atom is -0.340 e. The fourth-order valence-corrected chi connectivity index (χ4v) is 3.82. The largest absolute Gasteiger partial charge is 0.340 e. The molecule has 0 aliphatic carbocycles. The number of H-pyrrole nitrogens is 1. The lowest BCUT2D eigenvalue weighted by Gasteiger charge is -2.35. The molecule has 3 aromatic rings. The van der Waals surface area contributed by atoms with Crippen molar-refractivity contribution in [2.24, 2.45) is 0 Å². The second-order valence-electron chi connectivity index (χ2n) is 7.86. The first-order chi connectivity index (χ1) is 14.1. The molecule has 1 aliphatic heterocycles. The Hall–Kier alpha value is -2.92. The average molecular weight is 389 g/mol. The van der Waals surface area contributed by atoms with E-state index in [0.29, 0.717) is 12.4 Å². The molecular formula is C24H28N4O. The van der Waals surface area contributed by atoms with Gasteiger partial charge in [0.05, 0.1) is 5.69 Å². The predicted octanol–water partition coefficient (Wildman–Crippen LogP) is 3.30. The van der Waals surface area contributed by atoms with Crippen molar-refractivity contribution in [3.63, 3.8) is 0 Å². The van der Waals surface area contributed by atoms with Crippen LogP contribution in [-0.2, 0) is 13.0 Å². The first-order valence-corrected chi connectivity index (χ1v) is 10.2. The van der Waals surface area contributed by atoms with E-state index in [9.17, 15) is 4.79 Å². The van der Waals surface area contributed by atoms with E-state index >= 15 is 0 Å². The van der Waals surface area contributed by atoms with Gasteiger partial charge in [-0.3, -0.25) is 14.7 Å². The Morgan fingerprint density at radius 3 is 2.24 bits per heavy atom. The molecule has 0 bridgehead atoms. The summed E-state index contributed by atoms with van der Waals surface area (Å²) in [6.07, 6.45) is 0.611. The monoisotopic (exact) mass is 388 g/mol. The maximum absolute atomic E-state index is 12.7. The molecule has 150 valence electrons. The van der Waals surface area contributed by atoms with Gasteiger partial charge in [0.25, 0.3) is 5.56 Å². The van der Waals surface area contributed by atoms with Crippen molar-refractivity contribution in [3.05, 3.63) is 92.9 Å². The van der Waals surface area contributed by atoms with E-state index in [-0.39, 0.29) is 5.56 Å². The summed E-state index contributed by atoms with van der Waals surface area (Å²) in [6, 6.07) is 18.9. The van der Waals surface area contributed by atoms with E-state index in [0.717, 1.165) is 49.5 Å². The summed E-state index contributed by atoms with van der Waals surface area (Å²) in [6.45, 7) is 8.63. The molecule has 1 N–H and O–H groups in total. The van der Waals surface area contributed by atoms with Crippen LogP contribution in [0.3, 0.4) is 0 Å². The summed E-state index contributed by atoms with van der Waals surface area (Å²) in [4.78, 5) is 25.1. The maximum Gasteiger partial charge on any atom is 0.256 e. The lowest BCUT2D eigenvalue weighted by Crippen LogP contribution is -2.47. The lowest BCUT2D eigenvalue weighted by atomic mass is 10.0. The molecular weight excluding hydrogens is 360 g/mol. The zero-order valence-electron chi connectivity index (χ0n) is 17.2. The van der Waals surface area contributed by atoms with Gasteiger partial charge in [-0.1, -0.05) is 60.2 Å². The van der Waals surface area contributed by atoms with Crippen LogP contribution in [0.25, 0.3) is 0 Å². The number of anilines is 1. The number of aryl methyl sites for hydroxylation is 2. The van der Waals surface area contributed by atoms with Crippen molar-refractivity contribution in [1.82, 2.24) is 14.9 Å². The van der Waals surface area contributed by atoms with Gasteiger partial charge in [0, 0.05) is 44.7 Å². The molecule has 0 spiro atoms. The Morgan fingerprint density at radius 2 is 1.59 bits per heavy atom. The summed E-state index contributed by atoms with van der Waals surface area (Å²) in [7, 11) is 0. The molecule has 2 aromatic carbocycles. The topological polar surface area (TPSA) is 52.2 Å². The van der Waals surface area contributed by atoms with Crippen LogP contribution in [0.2, 0.25) is 0 Å². The van der Waals surface area contributed by atoms with E-state index in [1.807, 2.05) is 13.0 Å². The number of nitrogens with zero attached hydrogens (tertiary/aromatic N) is 3. The fraction of sp³-hybridized carbons (Fsp3) is 0.333. The number of aromatic nitrogens is 2. The van der Waals surface area contributed by atoms with Crippen molar-refractivity contribution < 1.29 is 0 Å². The van der Waals surface area contributed by atoms with E-state index in [2.05, 4.69) is 70.2 Å². The van der Waals surface area contributed by atoms with Gasteiger partial charge in [0.1, 0.15) is 0 Å². The van der Waals surface area contributed by atoms with Crippen molar-refractivity contribution in [2.75, 3.05) is 31.1 Å². The number of nitrogens with one attached hydrogen (secondary N) is 1. The molecule has 1 aromatic heterocycles. The molecule has 1 aliphatic rings. The number of piperazine rings is 1. The van der Waals surface area contributed by atoms with E-state index in [1.165, 1.54) is 11.1 Å². The number of hydrogen-bond acceptors (Lipinski definition) is 4. The zero-order chi connectivity index (χ0) is 20.2. The highest BCUT2D eigenvalue weighted by Gasteiger charge is 2.20. The maximum atomic E-state index is 12.7. The van der Waals surface area contributed by atoms with E-state index in [1.54, 1.807) is 0 Å². The number of benzene rings is 2. The van der Waals surface area contributed by atoms with Gasteiger partial charge >= 0.3 is 0 Å². The van der Waals surface area contributed by atoms with Crippen LogP contribution in [0, 0.1) is 13.8 Å². The number of hydrogen-bond donors (Lipinski definition) is 1. The summed E-state index contributed by atoms with van der Waals surface area (Å²) < 4.78 is 0. The second kappa shape index (κ2) is 8.62. The average Bonchev–Trinajstić information content (AvgIpc) is 2.73. The van der Waals surface area contributed by atoms with E-state index < -0.39 is 0 Å². The minimum atomic E-state index is -0.0280. The lowest BCUT2D eigenvalue weighted by molar-refractivity contribution is 0.248. The number of rotatable bonds is 5. The van der Waals surface area contributed by atoms with Crippen LogP contribution in [-0.4, -0.2) is 41.0 Å². The van der Waals surface area contributed by atoms with Crippen molar-refractivity contribution >= 4 is 5.95 Å². The molecule has 2 heterocycles. The Kier molecular flexibility index (Phi) is 5.76. The summed E-state index contributed by atoms with van der Waals surface area (Å²) in [5.41, 5.74) is 5.23. The summed E-state index contributed by atoms with van der Waals surface area (Å²) >= 11 is 0. The molecule has 1 fully saturated rings. The highest BCUT2D eigenvalue weighted by molar-refractivity contribution is 5.36. The summed E-state index contributed by atoms with van der Waals surface area (Å²) in [5, 5.41) is 0. The normalized spacial score (nSPS) is 14.9. The van der Waals surface area contributed by atoms with Gasteiger partial charge < -0.3 is 4.90 Å². The van der Waals surface area contributed by atoms with Gasteiger partial charge in [-0.25, -0.2) is 4.98 Å². The molecule has 0 saturated carbocycles. The zero-order valence-corrected chi connectivity index (χ0v) is 17.2. The molecule has 1 saturated heterocycles. The predicted molar refractivity (Wildman–Crippen MR) is 118 cm³/mol. The Morgan fingerprint density at radius 1 is 0.897 bits per heavy atom. The third-order valence-electron chi connectivity index (χ3n) is 5.63. The van der Waals surface area contributed by atoms with Crippen LogP contribution in [0.1, 0.15) is 27.9 Å². The van der Waals surface area contributed by atoms with Crippen LogP contribution in [0.5, 0.6) is 0 Å². The minimum absolute atomic E-state index is 0.0280. The second-order valence-corrected chi connectivity index (χ2v) is 7.86. The molecule has 0 unspecified atom stereocenters. The smallest absolute Gasteiger partial charge is 0.256 e. The highest BCUT2D eigenvalue weighted by Crippen LogP contribution is 2.15. The van der Waals surface area contributed by atoms with Crippen LogP contribution in [0.4, 0.5) is 5.95 Å². The van der Waals surface area contributed by atoms with Crippen molar-refractivity contribution in [1.29, 1.82) is 0 Å². The molecule has 5 heteroatoms. The van der Waals surface area contributed by atoms with Crippen molar-refractivity contribution in [2.45, 2.75) is 26.8 Å². The summed E-state index contributed by atoms with van der Waals surface area (Å²) in [5.74, 6) is 0.694. The highest BCUT2D eigenvalue weighted by atomic mass is 16.1. The molecule has 29 heavy (non-hydrogen) atoms.